The van der Waals surface area contributed by atoms with Crippen molar-refractivity contribution < 1.29 is 23.8 Å². The number of halogens is 1. The Hall–Kier alpha value is -3.58. The van der Waals surface area contributed by atoms with Crippen LogP contribution in [-0.4, -0.2) is 34.9 Å². The molecule has 0 aliphatic rings. The lowest BCUT2D eigenvalue weighted by Crippen LogP contribution is -2.24. The smallest absolute Gasteiger partial charge is 0.317 e. The fourth-order valence-corrected chi connectivity index (χ4v) is 3.07. The second-order valence-corrected chi connectivity index (χ2v) is 6.94. The number of pyridine rings is 1. The number of carboxylic acid groups (broad SMARTS) is 1. The van der Waals surface area contributed by atoms with Crippen LogP contribution < -0.4 is 10.1 Å². The van der Waals surface area contributed by atoms with Crippen LogP contribution in [-0.2, 0) is 4.79 Å². The zero-order valence-electron chi connectivity index (χ0n) is 16.8. The summed E-state index contributed by atoms with van der Waals surface area (Å²) in [6, 6.07) is 18.1. The third-order valence-electron chi connectivity index (χ3n) is 4.63. The molecular weight excluding hydrogens is 399 g/mol. The number of ketones is 1. The third-order valence-corrected chi connectivity index (χ3v) is 4.63. The minimum absolute atomic E-state index is 0.103. The van der Waals surface area contributed by atoms with Crippen LogP contribution in [0.5, 0.6) is 5.75 Å². The van der Waals surface area contributed by atoms with Crippen molar-refractivity contribution in [1.82, 2.24) is 10.3 Å². The van der Waals surface area contributed by atoms with Gasteiger partial charge in [0.05, 0.1) is 6.54 Å². The number of carbonyl (C=O) groups excluding carboxylic acids is 1. The molecule has 0 bridgehead atoms. The Bertz CT molecular complexity index is 992. The molecule has 6 nitrogen and oxygen atoms in total. The van der Waals surface area contributed by atoms with Crippen LogP contribution >= 0.6 is 0 Å². The zero-order chi connectivity index (χ0) is 22.1. The molecule has 0 saturated heterocycles. The van der Waals surface area contributed by atoms with Crippen LogP contribution in [0.15, 0.2) is 72.9 Å². The van der Waals surface area contributed by atoms with E-state index in [0.29, 0.717) is 36.4 Å². The molecule has 0 radical (unpaired) electrons. The molecule has 1 unspecified atom stereocenters. The quantitative estimate of drug-likeness (QED) is 0.358. The van der Waals surface area contributed by atoms with E-state index in [2.05, 4.69) is 10.3 Å². The lowest BCUT2D eigenvalue weighted by Gasteiger charge is -2.20. The molecule has 3 aromatic rings. The predicted octanol–water partition coefficient (Wildman–Crippen LogP) is 4.03. The first kappa shape index (κ1) is 22.1. The van der Waals surface area contributed by atoms with Crippen LogP contribution in [0.2, 0.25) is 0 Å². The average Bonchev–Trinajstić information content (AvgIpc) is 2.79. The molecule has 31 heavy (non-hydrogen) atoms. The fourth-order valence-electron chi connectivity index (χ4n) is 3.07. The molecule has 3 rings (SSSR count). The lowest BCUT2D eigenvalue weighted by atomic mass is 10.0. The number of carboxylic acids is 1. The van der Waals surface area contributed by atoms with Gasteiger partial charge in [0.15, 0.2) is 0 Å². The second-order valence-electron chi connectivity index (χ2n) is 6.94. The predicted molar refractivity (Wildman–Crippen MR) is 114 cm³/mol. The van der Waals surface area contributed by atoms with Gasteiger partial charge in [0.1, 0.15) is 23.4 Å². The summed E-state index contributed by atoms with van der Waals surface area (Å²) in [5, 5.41) is 11.5. The number of nitrogens with zero attached hydrogens (tertiary/aromatic N) is 1. The van der Waals surface area contributed by atoms with E-state index in [4.69, 9.17) is 9.84 Å². The summed E-state index contributed by atoms with van der Waals surface area (Å²) in [5.41, 5.74) is 1.68. The van der Waals surface area contributed by atoms with Gasteiger partial charge in [0.2, 0.25) is 5.78 Å². The number of nitrogens with one attached hydrogen (secondary N) is 1. The van der Waals surface area contributed by atoms with E-state index in [0.717, 1.165) is 5.56 Å². The first-order valence-electron chi connectivity index (χ1n) is 9.93. The maximum Gasteiger partial charge on any atom is 0.317 e. The van der Waals surface area contributed by atoms with Gasteiger partial charge in [-0.2, -0.15) is 0 Å². The van der Waals surface area contributed by atoms with E-state index in [-0.39, 0.29) is 24.2 Å². The molecule has 0 saturated carbocycles. The average molecular weight is 422 g/mol. The van der Waals surface area contributed by atoms with E-state index >= 15 is 0 Å². The fraction of sp³-hybridized carbons (Fsp3) is 0.208. The second kappa shape index (κ2) is 11.0. The Morgan fingerprint density at radius 3 is 2.42 bits per heavy atom. The van der Waals surface area contributed by atoms with Crippen molar-refractivity contribution in [3.05, 3.63) is 95.6 Å². The summed E-state index contributed by atoms with van der Waals surface area (Å²) in [7, 11) is 0. The molecule has 2 N–H and O–H groups in total. The SMILES string of the molecule is O=C(O)CNCCCC(Oc1ccc(C(=O)c2ccccn2)cc1)c1ccc(F)cc1. The molecule has 0 spiro atoms. The van der Waals surface area contributed by atoms with E-state index in [1.807, 2.05) is 0 Å². The van der Waals surface area contributed by atoms with Crippen LogP contribution in [0.3, 0.4) is 0 Å². The summed E-state index contributed by atoms with van der Waals surface area (Å²) < 4.78 is 19.4. The molecule has 0 aliphatic heterocycles. The van der Waals surface area contributed by atoms with Gasteiger partial charge in [0.25, 0.3) is 0 Å². The topological polar surface area (TPSA) is 88.5 Å². The number of hydrogen-bond acceptors (Lipinski definition) is 5. The van der Waals surface area contributed by atoms with Gasteiger partial charge in [0, 0.05) is 11.8 Å². The molecular formula is C24H23FN2O4. The summed E-state index contributed by atoms with van der Waals surface area (Å²) >= 11 is 0. The summed E-state index contributed by atoms with van der Waals surface area (Å²) in [4.78, 5) is 27.2. The van der Waals surface area contributed by atoms with Gasteiger partial charge in [-0.05, 0) is 73.5 Å². The van der Waals surface area contributed by atoms with Crippen molar-refractivity contribution in [3.63, 3.8) is 0 Å². The highest BCUT2D eigenvalue weighted by atomic mass is 19.1. The molecule has 7 heteroatoms. The highest BCUT2D eigenvalue weighted by Crippen LogP contribution is 2.27. The van der Waals surface area contributed by atoms with Crippen LogP contribution in [0.4, 0.5) is 4.39 Å². The number of benzene rings is 2. The van der Waals surface area contributed by atoms with Gasteiger partial charge in [-0.1, -0.05) is 18.2 Å². The summed E-state index contributed by atoms with van der Waals surface area (Å²) in [5.74, 6) is -0.841. The van der Waals surface area contributed by atoms with Gasteiger partial charge in [-0.3, -0.25) is 14.6 Å². The van der Waals surface area contributed by atoms with Crippen molar-refractivity contribution >= 4 is 11.8 Å². The van der Waals surface area contributed by atoms with E-state index in [1.165, 1.54) is 12.1 Å². The van der Waals surface area contributed by atoms with Crippen molar-refractivity contribution in [1.29, 1.82) is 0 Å². The molecule has 1 atom stereocenters. The molecule has 0 aliphatic carbocycles. The van der Waals surface area contributed by atoms with Gasteiger partial charge < -0.3 is 15.2 Å². The van der Waals surface area contributed by atoms with Crippen molar-refractivity contribution in [2.75, 3.05) is 13.1 Å². The maximum absolute atomic E-state index is 13.3. The largest absolute Gasteiger partial charge is 0.486 e. The van der Waals surface area contributed by atoms with E-state index in [9.17, 15) is 14.0 Å². The number of ether oxygens (including phenoxy) is 1. The van der Waals surface area contributed by atoms with Crippen molar-refractivity contribution in [2.24, 2.45) is 0 Å². The monoisotopic (exact) mass is 422 g/mol. The van der Waals surface area contributed by atoms with Crippen molar-refractivity contribution in [3.8, 4) is 5.75 Å². The molecule has 0 fully saturated rings. The highest BCUT2D eigenvalue weighted by molar-refractivity contribution is 6.07. The summed E-state index contributed by atoms with van der Waals surface area (Å²) in [6.45, 7) is 0.415. The number of aliphatic carboxylic acids is 1. The van der Waals surface area contributed by atoms with Crippen molar-refractivity contribution in [2.45, 2.75) is 18.9 Å². The van der Waals surface area contributed by atoms with Crippen LogP contribution in [0.1, 0.15) is 40.6 Å². The molecule has 2 aromatic carbocycles. The first-order chi connectivity index (χ1) is 15.0. The van der Waals surface area contributed by atoms with Gasteiger partial charge in [-0.15, -0.1) is 0 Å². The molecule has 1 aromatic heterocycles. The minimum atomic E-state index is -0.910. The van der Waals surface area contributed by atoms with Crippen LogP contribution in [0.25, 0.3) is 0 Å². The summed E-state index contributed by atoms with van der Waals surface area (Å²) in [6.07, 6.45) is 2.51. The van der Waals surface area contributed by atoms with Gasteiger partial charge in [-0.25, -0.2) is 4.39 Å². The Labute approximate surface area is 179 Å². The number of aromatic nitrogens is 1. The standard InChI is InChI=1S/C24H23FN2O4/c25-19-10-6-17(7-11-19)22(5-3-14-26-16-23(28)29)31-20-12-8-18(9-13-20)24(30)21-4-1-2-15-27-21/h1-2,4,6-13,15,22,26H,3,5,14,16H2,(H,28,29). The molecule has 0 amide bonds. The minimum Gasteiger partial charge on any atom is -0.486 e. The molecule has 160 valence electrons. The highest BCUT2D eigenvalue weighted by Gasteiger charge is 2.15. The number of rotatable bonds is 11. The van der Waals surface area contributed by atoms with E-state index in [1.54, 1.807) is 60.8 Å². The molecule has 1 heterocycles. The zero-order valence-corrected chi connectivity index (χ0v) is 16.8. The Kier molecular flexibility index (Phi) is 7.84. The number of hydrogen-bond donors (Lipinski definition) is 2. The van der Waals surface area contributed by atoms with Gasteiger partial charge >= 0.3 is 5.97 Å². The lowest BCUT2D eigenvalue weighted by molar-refractivity contribution is -0.135. The number of carbonyl (C=O) groups is 2. The Morgan fingerprint density at radius 1 is 1.03 bits per heavy atom. The third kappa shape index (κ3) is 6.72. The maximum atomic E-state index is 13.3. The first-order valence-corrected chi connectivity index (χ1v) is 9.93. The van der Waals surface area contributed by atoms with Crippen LogP contribution in [0, 0.1) is 5.82 Å². The van der Waals surface area contributed by atoms with E-state index < -0.39 is 5.97 Å². The normalized spacial score (nSPS) is 11.6. The Balaban J connectivity index is 1.67. The Morgan fingerprint density at radius 2 is 1.77 bits per heavy atom.